The van der Waals surface area contributed by atoms with Gasteiger partial charge in [-0.2, -0.15) is 0 Å². The Morgan fingerprint density at radius 2 is 2.35 bits per heavy atom. The lowest BCUT2D eigenvalue weighted by atomic mass is 9.82. The quantitative estimate of drug-likeness (QED) is 0.375. The summed E-state index contributed by atoms with van der Waals surface area (Å²) in [7, 11) is 1.32. The van der Waals surface area contributed by atoms with Gasteiger partial charge < -0.3 is 10.1 Å². The van der Waals surface area contributed by atoms with Crippen molar-refractivity contribution < 1.29 is 9.53 Å². The number of rotatable bonds is 2. The predicted octanol–water partition coefficient (Wildman–Crippen LogP) is 1.72. The second-order valence-corrected chi connectivity index (χ2v) is 4.65. The molecule has 0 saturated heterocycles. The van der Waals surface area contributed by atoms with Crippen LogP contribution in [-0.2, 0) is 9.53 Å². The molecule has 1 unspecified atom stereocenters. The Hall–Kier alpha value is -2.30. The van der Waals surface area contributed by atoms with E-state index in [2.05, 4.69) is 16.2 Å². The minimum atomic E-state index is -0.484. The van der Waals surface area contributed by atoms with Gasteiger partial charge in [-0.15, -0.1) is 0 Å². The van der Waals surface area contributed by atoms with Crippen LogP contribution in [0.25, 0.3) is 0 Å². The number of pyridine rings is 1. The maximum atomic E-state index is 12.0. The zero-order chi connectivity index (χ0) is 14.7. The normalized spacial score (nSPS) is 18.4. The van der Waals surface area contributed by atoms with Crippen molar-refractivity contribution in [3.63, 3.8) is 0 Å². The van der Waals surface area contributed by atoms with E-state index < -0.39 is 11.9 Å². The van der Waals surface area contributed by atoms with Crippen LogP contribution in [-0.4, -0.2) is 28.9 Å². The molecule has 0 aliphatic carbocycles. The van der Waals surface area contributed by atoms with E-state index in [4.69, 9.17) is 22.4 Å². The van der Waals surface area contributed by atoms with Crippen LogP contribution in [0.1, 0.15) is 18.4 Å². The van der Waals surface area contributed by atoms with E-state index in [1.54, 1.807) is 25.4 Å². The molecular formula is C14H13N3O2S. The van der Waals surface area contributed by atoms with Crippen LogP contribution in [0.3, 0.4) is 0 Å². The number of ether oxygens (including phenoxy) is 1. The molecule has 0 saturated carbocycles. The van der Waals surface area contributed by atoms with Crippen LogP contribution in [0.5, 0.6) is 0 Å². The number of aromatic nitrogens is 1. The summed E-state index contributed by atoms with van der Waals surface area (Å²) in [5, 5.41) is 10.4. The van der Waals surface area contributed by atoms with E-state index in [1.807, 2.05) is 6.07 Å². The van der Waals surface area contributed by atoms with Crippen molar-refractivity contribution in [3.05, 3.63) is 46.9 Å². The molecule has 0 bridgehead atoms. The number of esters is 1. The Kier molecular flexibility index (Phi) is 4.08. The molecule has 0 aromatic carbocycles. The van der Waals surface area contributed by atoms with E-state index in [0.717, 1.165) is 5.56 Å². The molecule has 6 heteroatoms. The van der Waals surface area contributed by atoms with Gasteiger partial charge in [0.2, 0.25) is 0 Å². The average molecular weight is 287 g/mol. The highest BCUT2D eigenvalue weighted by atomic mass is 32.1. The summed E-state index contributed by atoms with van der Waals surface area (Å²) in [5.74, 6) is 1.38. The van der Waals surface area contributed by atoms with Crippen molar-refractivity contribution in [2.45, 2.75) is 12.8 Å². The van der Waals surface area contributed by atoms with Gasteiger partial charge in [0, 0.05) is 18.1 Å². The number of hydrogen-bond acceptors (Lipinski definition) is 5. The zero-order valence-corrected chi connectivity index (χ0v) is 11.9. The van der Waals surface area contributed by atoms with Gasteiger partial charge in [-0.3, -0.25) is 10.4 Å². The summed E-state index contributed by atoms with van der Waals surface area (Å²) >= 11 is 5.22. The molecule has 0 spiro atoms. The first kappa shape index (κ1) is 14.1. The van der Waals surface area contributed by atoms with Gasteiger partial charge in [-0.25, -0.2) is 4.79 Å². The second kappa shape index (κ2) is 5.77. The molecule has 0 fully saturated rings. The van der Waals surface area contributed by atoms with Crippen LogP contribution in [0.2, 0.25) is 0 Å². The maximum absolute atomic E-state index is 12.0. The van der Waals surface area contributed by atoms with Crippen LogP contribution in [0.4, 0.5) is 0 Å². The Morgan fingerprint density at radius 3 is 2.90 bits per heavy atom. The number of thiocarbonyl (C=S) groups is 1. The molecule has 5 nitrogen and oxygen atoms in total. The highest BCUT2D eigenvalue weighted by Gasteiger charge is 2.35. The number of hydrogen-bond donors (Lipinski definition) is 2. The van der Waals surface area contributed by atoms with Crippen molar-refractivity contribution in [1.82, 2.24) is 10.3 Å². The standard InChI is InChI=1S/C14H13N3O2S/c1-8-11(14(18)19-2)12(9-4-3-5-16-7-9)10(6-15)13(20)17-8/h3-5,7,12,15H,1-2H3,(H,17,20). The first-order valence-corrected chi connectivity index (χ1v) is 6.31. The molecule has 1 atom stereocenters. The summed E-state index contributed by atoms with van der Waals surface area (Å²) < 4.78 is 4.84. The number of nitrogens with one attached hydrogen (secondary N) is 2. The molecule has 1 aliphatic heterocycles. The highest BCUT2D eigenvalue weighted by Crippen LogP contribution is 2.35. The monoisotopic (exact) mass is 287 g/mol. The van der Waals surface area contributed by atoms with Gasteiger partial charge >= 0.3 is 5.97 Å². The number of carbonyl (C=O) groups excluding carboxylic acids is 1. The summed E-state index contributed by atoms with van der Waals surface area (Å²) in [4.78, 5) is 16.5. The third kappa shape index (κ3) is 2.39. The lowest BCUT2D eigenvalue weighted by Gasteiger charge is -2.28. The Morgan fingerprint density at radius 1 is 1.60 bits per heavy atom. The fourth-order valence-corrected chi connectivity index (χ4v) is 2.51. The van der Waals surface area contributed by atoms with Crippen molar-refractivity contribution in [2.24, 2.45) is 0 Å². The van der Waals surface area contributed by atoms with Crippen molar-refractivity contribution in [2.75, 3.05) is 7.11 Å². The van der Waals surface area contributed by atoms with E-state index >= 15 is 0 Å². The van der Waals surface area contributed by atoms with Gasteiger partial charge in [0.05, 0.1) is 24.2 Å². The third-order valence-electron chi connectivity index (χ3n) is 3.08. The summed E-state index contributed by atoms with van der Waals surface area (Å²) in [5.41, 5.74) is 2.24. The molecule has 0 amide bonds. The van der Waals surface area contributed by atoms with Gasteiger partial charge in [0.1, 0.15) is 4.99 Å². The molecule has 2 heterocycles. The summed E-state index contributed by atoms with van der Waals surface area (Å²) in [6, 6.07) is 3.60. The summed E-state index contributed by atoms with van der Waals surface area (Å²) in [6.07, 6.45) is 3.29. The zero-order valence-electron chi connectivity index (χ0n) is 11.1. The third-order valence-corrected chi connectivity index (χ3v) is 3.41. The number of allylic oxidation sites excluding steroid dienone is 1. The topological polar surface area (TPSA) is 75.1 Å². The van der Waals surface area contributed by atoms with Crippen molar-refractivity contribution in [1.29, 1.82) is 5.41 Å². The van der Waals surface area contributed by atoms with Crippen molar-refractivity contribution in [3.8, 4) is 0 Å². The lowest BCUT2D eigenvalue weighted by molar-refractivity contribution is -0.136. The molecule has 1 aromatic rings. The van der Waals surface area contributed by atoms with Crippen LogP contribution in [0.15, 0.2) is 41.4 Å². The van der Waals surface area contributed by atoms with Gasteiger partial charge in [0.15, 0.2) is 0 Å². The Balaban J connectivity index is 2.67. The van der Waals surface area contributed by atoms with Gasteiger partial charge in [0.25, 0.3) is 0 Å². The Labute approximate surface area is 121 Å². The van der Waals surface area contributed by atoms with Gasteiger partial charge in [-0.1, -0.05) is 18.3 Å². The van der Waals surface area contributed by atoms with E-state index in [0.29, 0.717) is 21.8 Å². The number of methoxy groups -OCH3 is 1. The molecule has 20 heavy (non-hydrogen) atoms. The average Bonchev–Trinajstić information content (AvgIpc) is 2.46. The molecule has 2 rings (SSSR count). The fraction of sp³-hybridized carbons (Fsp3) is 0.214. The first-order valence-electron chi connectivity index (χ1n) is 5.90. The number of carbonyl (C=O) groups is 1. The Bertz CT molecular complexity index is 646. The second-order valence-electron chi connectivity index (χ2n) is 4.24. The van der Waals surface area contributed by atoms with Crippen molar-refractivity contribution >= 4 is 29.0 Å². The molecule has 0 radical (unpaired) electrons. The lowest BCUT2D eigenvalue weighted by Crippen LogP contribution is -2.35. The molecule has 1 aromatic heterocycles. The van der Waals surface area contributed by atoms with E-state index in [-0.39, 0.29) is 0 Å². The predicted molar refractivity (Wildman–Crippen MR) is 78.7 cm³/mol. The summed E-state index contributed by atoms with van der Waals surface area (Å²) in [6.45, 7) is 1.75. The minimum Gasteiger partial charge on any atom is -0.466 e. The minimum absolute atomic E-state index is 0.388. The fourth-order valence-electron chi connectivity index (χ4n) is 2.19. The van der Waals surface area contributed by atoms with Gasteiger partial charge in [-0.05, 0) is 24.4 Å². The van der Waals surface area contributed by atoms with Crippen LogP contribution in [0, 0.1) is 5.41 Å². The van der Waals surface area contributed by atoms with Crippen LogP contribution < -0.4 is 5.32 Å². The largest absolute Gasteiger partial charge is 0.466 e. The molecule has 102 valence electrons. The smallest absolute Gasteiger partial charge is 0.336 e. The van der Waals surface area contributed by atoms with Crippen LogP contribution >= 0.6 is 12.2 Å². The highest BCUT2D eigenvalue weighted by molar-refractivity contribution is 7.80. The molecule has 2 N–H and O–H groups in total. The molecular weight excluding hydrogens is 274 g/mol. The van der Waals surface area contributed by atoms with E-state index in [9.17, 15) is 4.79 Å². The first-order chi connectivity index (χ1) is 9.60. The SMILES string of the molecule is COC(=O)C1=C(C)NC(=S)C(=C=N)C1c1cccnc1. The van der Waals surface area contributed by atoms with E-state index in [1.165, 1.54) is 7.11 Å². The number of nitrogens with zero attached hydrogens (tertiary/aromatic N) is 1. The molecule has 1 aliphatic rings. The maximum Gasteiger partial charge on any atom is 0.336 e.